The van der Waals surface area contributed by atoms with Crippen molar-refractivity contribution in [1.29, 1.82) is 0 Å². The summed E-state index contributed by atoms with van der Waals surface area (Å²) in [4.78, 5) is 35.2. The van der Waals surface area contributed by atoms with E-state index in [0.717, 1.165) is 38.5 Å². The molecule has 11 heteroatoms. The molecule has 2 N–H and O–H groups in total. The van der Waals surface area contributed by atoms with E-state index in [1.807, 2.05) is 63.7 Å². The van der Waals surface area contributed by atoms with Gasteiger partial charge in [-0.15, -0.1) is 0 Å². The maximum absolute atomic E-state index is 12.6. The van der Waals surface area contributed by atoms with Crippen LogP contribution in [-0.2, 0) is 32.7 Å². The van der Waals surface area contributed by atoms with E-state index in [2.05, 4.69) is 26.0 Å². The number of allylic oxidation sites excluding steroid dienone is 8. The monoisotopic (exact) mass is 769 g/mol. The van der Waals surface area contributed by atoms with Crippen molar-refractivity contribution in [2.24, 2.45) is 0 Å². The van der Waals surface area contributed by atoms with Crippen LogP contribution in [0.5, 0.6) is 0 Å². The fourth-order valence-corrected chi connectivity index (χ4v) is 5.68. The van der Waals surface area contributed by atoms with Gasteiger partial charge in [-0.25, -0.2) is 4.57 Å². The normalized spacial score (nSPS) is 14.9. The van der Waals surface area contributed by atoms with Crippen LogP contribution in [0.2, 0.25) is 0 Å². The highest BCUT2D eigenvalue weighted by atomic mass is 31.2. The molecular weight excluding hydrogens is 693 g/mol. The van der Waals surface area contributed by atoms with E-state index in [4.69, 9.17) is 18.5 Å². The van der Waals surface area contributed by atoms with E-state index in [1.54, 1.807) is 6.08 Å². The van der Waals surface area contributed by atoms with Crippen molar-refractivity contribution in [3.05, 3.63) is 60.8 Å². The van der Waals surface area contributed by atoms with Crippen LogP contribution in [0.4, 0.5) is 0 Å². The fourth-order valence-electron chi connectivity index (χ4n) is 4.94. The highest BCUT2D eigenvalue weighted by Crippen LogP contribution is 2.43. The second-order valence-corrected chi connectivity index (χ2v) is 15.9. The van der Waals surface area contributed by atoms with Gasteiger partial charge in [0.1, 0.15) is 19.8 Å². The smallest absolute Gasteiger partial charge is 0.462 e. The van der Waals surface area contributed by atoms with Crippen LogP contribution >= 0.6 is 7.82 Å². The minimum absolute atomic E-state index is 0.0106. The van der Waals surface area contributed by atoms with Crippen molar-refractivity contribution in [1.82, 2.24) is 0 Å². The van der Waals surface area contributed by atoms with Crippen molar-refractivity contribution >= 4 is 19.8 Å². The molecule has 306 valence electrons. The number of hydrogen-bond donors (Lipinski definition) is 2. The Hall–Kier alpha value is -2.33. The lowest BCUT2D eigenvalue weighted by atomic mass is 10.1. The van der Waals surface area contributed by atoms with E-state index < -0.39 is 38.6 Å². The van der Waals surface area contributed by atoms with Crippen molar-refractivity contribution in [3.8, 4) is 0 Å². The van der Waals surface area contributed by atoms with Gasteiger partial charge in [-0.2, -0.15) is 0 Å². The molecule has 0 aliphatic heterocycles. The standard InChI is InChI=1S/C42H74NO9P/c1-6-8-10-12-13-14-15-19-22-25-29-33-41(45)49-37-40(38-51-53(47,48)50-36-35-43(3,4)5)52-42(46)34-30-26-23-20-17-16-18-21-24-28-32-39(44)31-27-11-9-7-2/h9,11,16,18,20,23-24,27-28,31,39-40,44H,6-8,10,12-15,17,19,21-22,25-26,29-30,32-38H2,1-5H3/p+1/b11-9-,18-16-,23-20-,28-24-,31-27+. The zero-order valence-corrected chi connectivity index (χ0v) is 34.7. The van der Waals surface area contributed by atoms with Gasteiger partial charge in [0.2, 0.25) is 0 Å². The fraction of sp³-hybridized carbons (Fsp3) is 0.714. The molecule has 0 heterocycles. The SMILES string of the molecule is CC/C=C\C=C\C(O)C/C=C\C/C=C\C/C=C\CCCC(=O)OC(COC(=O)CCCCCCCCCCCCC)COP(=O)(O)OCC[N+](C)(C)C. The summed E-state index contributed by atoms with van der Waals surface area (Å²) in [7, 11) is 1.40. The summed E-state index contributed by atoms with van der Waals surface area (Å²) in [6.45, 7) is 4.09. The second-order valence-electron chi connectivity index (χ2n) is 14.5. The Morgan fingerprint density at radius 3 is 1.91 bits per heavy atom. The van der Waals surface area contributed by atoms with Crippen molar-refractivity contribution in [2.75, 3.05) is 47.5 Å². The molecule has 0 saturated carbocycles. The third kappa shape index (κ3) is 37.8. The van der Waals surface area contributed by atoms with Gasteiger partial charge in [0.25, 0.3) is 0 Å². The minimum atomic E-state index is -4.40. The molecule has 0 aromatic heterocycles. The first-order valence-corrected chi connectivity index (χ1v) is 21.6. The number of phosphoric ester groups is 1. The van der Waals surface area contributed by atoms with Crippen LogP contribution in [0.3, 0.4) is 0 Å². The van der Waals surface area contributed by atoms with Crippen LogP contribution < -0.4 is 0 Å². The molecule has 0 aliphatic carbocycles. The Morgan fingerprint density at radius 1 is 0.698 bits per heavy atom. The van der Waals surface area contributed by atoms with Crippen LogP contribution in [0.15, 0.2) is 60.8 Å². The number of ether oxygens (including phenoxy) is 2. The first kappa shape index (κ1) is 50.7. The molecule has 10 nitrogen and oxygen atoms in total. The Bertz CT molecular complexity index is 1110. The molecule has 0 aromatic carbocycles. The lowest BCUT2D eigenvalue weighted by Gasteiger charge is -2.24. The number of hydrogen-bond acceptors (Lipinski definition) is 8. The Balaban J connectivity index is 4.57. The Morgan fingerprint density at radius 2 is 1.28 bits per heavy atom. The van der Waals surface area contributed by atoms with Gasteiger partial charge >= 0.3 is 19.8 Å². The zero-order valence-electron chi connectivity index (χ0n) is 33.8. The van der Waals surface area contributed by atoms with Crippen molar-refractivity contribution in [3.63, 3.8) is 0 Å². The van der Waals surface area contributed by atoms with Gasteiger partial charge in [-0.3, -0.25) is 18.6 Å². The average molecular weight is 769 g/mol. The first-order valence-electron chi connectivity index (χ1n) is 20.1. The number of carbonyl (C=O) groups excluding carboxylic acids is 2. The van der Waals surface area contributed by atoms with E-state index in [-0.39, 0.29) is 26.1 Å². The Kier molecular flexibility index (Phi) is 32.7. The lowest BCUT2D eigenvalue weighted by molar-refractivity contribution is -0.870. The van der Waals surface area contributed by atoms with E-state index >= 15 is 0 Å². The number of nitrogens with zero attached hydrogens (tertiary/aromatic N) is 1. The van der Waals surface area contributed by atoms with Crippen LogP contribution in [0.25, 0.3) is 0 Å². The maximum atomic E-state index is 12.6. The molecule has 0 bridgehead atoms. The van der Waals surface area contributed by atoms with Gasteiger partial charge in [0.15, 0.2) is 6.10 Å². The van der Waals surface area contributed by atoms with Crippen molar-refractivity contribution < 1.29 is 47.2 Å². The largest absolute Gasteiger partial charge is 0.472 e. The summed E-state index contributed by atoms with van der Waals surface area (Å²) < 4.78 is 34.1. The maximum Gasteiger partial charge on any atom is 0.472 e. The number of rotatable bonds is 35. The molecule has 0 aliphatic rings. The van der Waals surface area contributed by atoms with Crippen LogP contribution in [0.1, 0.15) is 136 Å². The third-order valence-corrected chi connectivity index (χ3v) is 9.13. The predicted octanol–water partition coefficient (Wildman–Crippen LogP) is 9.87. The number of esters is 2. The van der Waals surface area contributed by atoms with Gasteiger partial charge < -0.3 is 24.0 Å². The average Bonchev–Trinajstić information content (AvgIpc) is 3.10. The summed E-state index contributed by atoms with van der Waals surface area (Å²) in [6, 6.07) is 0. The second kappa shape index (κ2) is 34.2. The quantitative estimate of drug-likeness (QED) is 0.0162. The molecule has 0 rings (SSSR count). The number of aliphatic hydroxyl groups excluding tert-OH is 1. The number of carbonyl (C=O) groups is 2. The molecule has 53 heavy (non-hydrogen) atoms. The van der Waals surface area contributed by atoms with E-state index in [0.29, 0.717) is 30.3 Å². The summed E-state index contributed by atoms with van der Waals surface area (Å²) in [6.07, 6.45) is 36.0. The summed E-state index contributed by atoms with van der Waals surface area (Å²) in [5.41, 5.74) is 0. The number of quaternary nitrogens is 1. The highest BCUT2D eigenvalue weighted by molar-refractivity contribution is 7.47. The lowest BCUT2D eigenvalue weighted by Crippen LogP contribution is -2.37. The summed E-state index contributed by atoms with van der Waals surface area (Å²) >= 11 is 0. The number of phosphoric acid groups is 1. The Labute approximate surface area is 322 Å². The minimum Gasteiger partial charge on any atom is -0.462 e. The molecule has 0 amide bonds. The highest BCUT2D eigenvalue weighted by Gasteiger charge is 2.27. The van der Waals surface area contributed by atoms with Crippen LogP contribution in [-0.4, -0.2) is 86.1 Å². The molecule has 0 fully saturated rings. The first-order chi connectivity index (χ1) is 25.4. The number of likely N-dealkylation sites (N-methyl/N-ethyl adjacent to an activating group) is 1. The number of aliphatic hydroxyl groups is 1. The van der Waals surface area contributed by atoms with Crippen LogP contribution in [0, 0.1) is 0 Å². The number of unbranched alkanes of at least 4 members (excludes halogenated alkanes) is 11. The molecular formula is C42H75NO9P+. The zero-order chi connectivity index (χ0) is 39.5. The van der Waals surface area contributed by atoms with Gasteiger partial charge in [0, 0.05) is 12.8 Å². The van der Waals surface area contributed by atoms with Gasteiger partial charge in [-0.1, -0.05) is 139 Å². The van der Waals surface area contributed by atoms with Gasteiger partial charge in [0.05, 0.1) is 33.9 Å². The molecule has 0 aromatic rings. The van der Waals surface area contributed by atoms with Gasteiger partial charge in [-0.05, 0) is 44.9 Å². The third-order valence-electron chi connectivity index (χ3n) is 8.14. The predicted molar refractivity (Wildman–Crippen MR) is 216 cm³/mol. The van der Waals surface area contributed by atoms with Crippen molar-refractivity contribution in [2.45, 2.75) is 148 Å². The molecule has 0 radical (unpaired) electrons. The van der Waals surface area contributed by atoms with E-state index in [9.17, 15) is 24.2 Å². The molecule has 0 saturated heterocycles. The molecule has 3 unspecified atom stereocenters. The summed E-state index contributed by atoms with van der Waals surface area (Å²) in [5, 5.41) is 9.91. The summed E-state index contributed by atoms with van der Waals surface area (Å²) in [5.74, 6) is -0.900. The molecule has 0 spiro atoms. The molecule has 3 atom stereocenters. The topological polar surface area (TPSA) is 129 Å². The van der Waals surface area contributed by atoms with E-state index in [1.165, 1.54) is 51.4 Å².